The first-order valence-electron chi connectivity index (χ1n) is 6.92. The van der Waals surface area contributed by atoms with Crippen LogP contribution in [0.3, 0.4) is 0 Å². The first kappa shape index (κ1) is 13.4. The molecule has 5 nitrogen and oxygen atoms in total. The predicted molar refractivity (Wildman–Crippen MR) is 78.8 cm³/mol. The average molecular weight is 285 g/mol. The van der Waals surface area contributed by atoms with Gasteiger partial charge in [0.15, 0.2) is 5.82 Å². The Hall–Kier alpha value is -2.55. The van der Waals surface area contributed by atoms with E-state index in [1.165, 1.54) is 16.8 Å². The molecule has 1 aliphatic rings. The molecule has 0 atom stereocenters. The van der Waals surface area contributed by atoms with Crippen molar-refractivity contribution in [1.29, 1.82) is 5.26 Å². The number of rotatable bonds is 2. The zero-order valence-corrected chi connectivity index (χ0v) is 11.8. The highest BCUT2D eigenvalue weighted by Crippen LogP contribution is 2.30. The van der Waals surface area contributed by atoms with E-state index >= 15 is 0 Å². The second kappa shape index (κ2) is 5.09. The summed E-state index contributed by atoms with van der Waals surface area (Å²) in [4.78, 5) is 2.07. The Kier molecular flexibility index (Phi) is 3.26. The molecule has 1 fully saturated rings. The third kappa shape index (κ3) is 2.21. The number of aryl methyl sites for hydroxylation is 1. The lowest BCUT2D eigenvalue weighted by Crippen LogP contribution is -2.19. The van der Waals surface area contributed by atoms with Crippen LogP contribution in [0.15, 0.2) is 18.2 Å². The summed E-state index contributed by atoms with van der Waals surface area (Å²) in [5, 5.41) is 13.9. The topological polar surface area (TPSA) is 70.9 Å². The minimum absolute atomic E-state index is 0.300. The maximum Gasteiger partial charge on any atom is 0.171 e. The molecule has 0 saturated carbocycles. The van der Waals surface area contributed by atoms with Crippen LogP contribution in [0.4, 0.5) is 16.0 Å². The number of hydrogen-bond acceptors (Lipinski definition) is 4. The molecule has 0 radical (unpaired) electrons. The third-order valence-electron chi connectivity index (χ3n) is 3.81. The summed E-state index contributed by atoms with van der Waals surface area (Å²) >= 11 is 0. The van der Waals surface area contributed by atoms with Crippen LogP contribution in [-0.4, -0.2) is 22.9 Å². The van der Waals surface area contributed by atoms with E-state index in [1.807, 2.05) is 0 Å². The largest absolute Gasteiger partial charge is 0.382 e. The van der Waals surface area contributed by atoms with Gasteiger partial charge in [0.25, 0.3) is 0 Å². The highest BCUT2D eigenvalue weighted by atomic mass is 19.1. The van der Waals surface area contributed by atoms with Crippen molar-refractivity contribution in [3.05, 3.63) is 35.1 Å². The van der Waals surface area contributed by atoms with Gasteiger partial charge in [-0.1, -0.05) is 0 Å². The number of nitriles is 1. The fourth-order valence-corrected chi connectivity index (χ4v) is 2.72. The first-order valence-corrected chi connectivity index (χ1v) is 6.92. The Morgan fingerprint density at radius 2 is 2.05 bits per heavy atom. The second-order valence-electron chi connectivity index (χ2n) is 5.23. The smallest absolute Gasteiger partial charge is 0.171 e. The van der Waals surface area contributed by atoms with Crippen LogP contribution < -0.4 is 10.6 Å². The van der Waals surface area contributed by atoms with Crippen molar-refractivity contribution in [2.24, 2.45) is 0 Å². The Morgan fingerprint density at radius 3 is 2.67 bits per heavy atom. The van der Waals surface area contributed by atoms with Crippen molar-refractivity contribution in [3.8, 4) is 11.8 Å². The van der Waals surface area contributed by atoms with Gasteiger partial charge in [-0.15, -0.1) is 5.10 Å². The molecule has 1 aromatic carbocycles. The monoisotopic (exact) mass is 285 g/mol. The molecule has 6 heteroatoms. The third-order valence-corrected chi connectivity index (χ3v) is 3.81. The number of nitrogens with zero attached hydrogens (tertiary/aromatic N) is 4. The lowest BCUT2D eigenvalue weighted by atomic mass is 10.2. The number of anilines is 2. The van der Waals surface area contributed by atoms with Gasteiger partial charge in [-0.2, -0.15) is 5.26 Å². The van der Waals surface area contributed by atoms with E-state index in [0.717, 1.165) is 31.5 Å². The molecule has 0 aliphatic carbocycles. The maximum atomic E-state index is 13.2. The molecule has 2 heterocycles. The van der Waals surface area contributed by atoms with Gasteiger partial charge in [0, 0.05) is 13.1 Å². The number of nitrogens with two attached hydrogens (primary N) is 1. The van der Waals surface area contributed by atoms with Crippen molar-refractivity contribution in [2.45, 2.75) is 19.8 Å². The van der Waals surface area contributed by atoms with Crippen LogP contribution in [0, 0.1) is 24.1 Å². The van der Waals surface area contributed by atoms with Crippen LogP contribution in [0.5, 0.6) is 0 Å². The molecule has 0 spiro atoms. The SMILES string of the molecule is Cc1cc(F)ccc1-n1nc(N2CCCC2)c(C#N)c1N. The molecule has 0 unspecified atom stereocenters. The minimum atomic E-state index is -0.303. The average Bonchev–Trinajstić information content (AvgIpc) is 3.07. The van der Waals surface area contributed by atoms with Crippen LogP contribution in [0.2, 0.25) is 0 Å². The van der Waals surface area contributed by atoms with E-state index in [-0.39, 0.29) is 5.82 Å². The highest BCUT2D eigenvalue weighted by molar-refractivity contribution is 5.67. The molecule has 108 valence electrons. The Balaban J connectivity index is 2.13. The molecular weight excluding hydrogens is 269 g/mol. The number of benzene rings is 1. The fraction of sp³-hybridized carbons (Fsp3) is 0.333. The van der Waals surface area contributed by atoms with Crippen LogP contribution in [0.25, 0.3) is 5.69 Å². The predicted octanol–water partition coefficient (Wildman–Crippen LogP) is 2.37. The van der Waals surface area contributed by atoms with E-state index in [2.05, 4.69) is 16.1 Å². The molecule has 1 aromatic heterocycles. The summed E-state index contributed by atoms with van der Waals surface area (Å²) in [5.74, 6) is 0.618. The molecular formula is C15H16FN5. The summed E-state index contributed by atoms with van der Waals surface area (Å²) in [6.07, 6.45) is 2.18. The maximum absolute atomic E-state index is 13.2. The molecule has 21 heavy (non-hydrogen) atoms. The van der Waals surface area contributed by atoms with Crippen molar-refractivity contribution >= 4 is 11.6 Å². The van der Waals surface area contributed by atoms with Crippen LogP contribution in [-0.2, 0) is 0 Å². The van der Waals surface area contributed by atoms with Gasteiger partial charge in [0.05, 0.1) is 5.69 Å². The first-order chi connectivity index (χ1) is 10.1. The fourth-order valence-electron chi connectivity index (χ4n) is 2.72. The van der Waals surface area contributed by atoms with Gasteiger partial charge >= 0.3 is 0 Å². The van der Waals surface area contributed by atoms with E-state index in [4.69, 9.17) is 5.73 Å². The van der Waals surface area contributed by atoms with E-state index < -0.39 is 0 Å². The van der Waals surface area contributed by atoms with Crippen LogP contribution in [0.1, 0.15) is 24.0 Å². The van der Waals surface area contributed by atoms with E-state index in [1.54, 1.807) is 13.0 Å². The zero-order chi connectivity index (χ0) is 15.0. The van der Waals surface area contributed by atoms with E-state index in [0.29, 0.717) is 22.9 Å². The van der Waals surface area contributed by atoms with Gasteiger partial charge in [-0.3, -0.25) is 0 Å². The van der Waals surface area contributed by atoms with Gasteiger partial charge in [0.1, 0.15) is 23.3 Å². The van der Waals surface area contributed by atoms with E-state index in [9.17, 15) is 9.65 Å². The number of nitrogen functional groups attached to an aromatic ring is 1. The Labute approximate surface area is 122 Å². The lowest BCUT2D eigenvalue weighted by molar-refractivity contribution is 0.625. The molecule has 1 saturated heterocycles. The summed E-state index contributed by atoms with van der Waals surface area (Å²) in [6, 6.07) is 6.56. The molecule has 0 amide bonds. The zero-order valence-electron chi connectivity index (χ0n) is 11.8. The minimum Gasteiger partial charge on any atom is -0.382 e. The van der Waals surface area contributed by atoms with Crippen molar-refractivity contribution in [2.75, 3.05) is 23.7 Å². The standard InChI is InChI=1S/C15H16FN5/c1-10-8-11(16)4-5-13(10)21-14(18)12(9-17)15(19-21)20-6-2-3-7-20/h4-5,8H,2-3,6-7,18H2,1H3. The molecule has 0 bridgehead atoms. The normalized spacial score (nSPS) is 14.4. The van der Waals surface area contributed by atoms with Gasteiger partial charge in [-0.05, 0) is 43.5 Å². The van der Waals surface area contributed by atoms with Crippen molar-refractivity contribution in [1.82, 2.24) is 9.78 Å². The summed E-state index contributed by atoms with van der Waals surface area (Å²) in [6.45, 7) is 3.56. The molecule has 1 aliphatic heterocycles. The van der Waals surface area contributed by atoms with Crippen LogP contribution >= 0.6 is 0 Å². The van der Waals surface area contributed by atoms with Crippen molar-refractivity contribution < 1.29 is 4.39 Å². The Morgan fingerprint density at radius 1 is 1.33 bits per heavy atom. The summed E-state index contributed by atoms with van der Waals surface area (Å²) < 4.78 is 14.8. The highest BCUT2D eigenvalue weighted by Gasteiger charge is 2.24. The summed E-state index contributed by atoms with van der Waals surface area (Å²) in [7, 11) is 0. The van der Waals surface area contributed by atoms with Gasteiger partial charge < -0.3 is 10.6 Å². The quantitative estimate of drug-likeness (QED) is 0.919. The summed E-state index contributed by atoms with van der Waals surface area (Å²) in [5.41, 5.74) is 7.88. The Bertz CT molecular complexity index is 722. The molecule has 2 N–H and O–H groups in total. The molecule has 2 aromatic rings. The van der Waals surface area contributed by atoms with Gasteiger partial charge in [-0.25, -0.2) is 9.07 Å². The van der Waals surface area contributed by atoms with Crippen molar-refractivity contribution in [3.63, 3.8) is 0 Å². The lowest BCUT2D eigenvalue weighted by Gasteiger charge is -2.13. The number of hydrogen-bond donors (Lipinski definition) is 1. The van der Waals surface area contributed by atoms with Gasteiger partial charge in [0.2, 0.25) is 0 Å². The number of aromatic nitrogens is 2. The second-order valence-corrected chi connectivity index (χ2v) is 5.23. The number of halogens is 1. The molecule has 3 rings (SSSR count).